The smallest absolute Gasteiger partial charge is 0.236 e. The highest BCUT2D eigenvalue weighted by molar-refractivity contribution is 7.92. The number of rotatable bonds is 7. The van der Waals surface area contributed by atoms with Gasteiger partial charge in [0.25, 0.3) is 0 Å². The summed E-state index contributed by atoms with van der Waals surface area (Å²) in [5.41, 5.74) is 4.28. The molecule has 0 spiro atoms. The number of nitrogens with zero attached hydrogens (tertiary/aromatic N) is 4. The molecule has 2 aromatic carbocycles. The van der Waals surface area contributed by atoms with Crippen molar-refractivity contribution in [2.45, 2.75) is 26.7 Å². The predicted molar refractivity (Wildman–Crippen MR) is 134 cm³/mol. The average molecular weight is 463 g/mol. The summed E-state index contributed by atoms with van der Waals surface area (Å²) in [6.07, 6.45) is 3.25. The van der Waals surface area contributed by atoms with Gasteiger partial charge in [-0.3, -0.25) is 0 Å². The fraction of sp³-hybridized carbons (Fsp3) is 0.308. The second-order valence-electron chi connectivity index (χ2n) is 8.18. The van der Waals surface area contributed by atoms with E-state index < -0.39 is 10.0 Å². The molecule has 6 nitrogen and oxygen atoms in total. The first-order valence-electron chi connectivity index (χ1n) is 11.3. The number of anilines is 1. The number of aromatic nitrogens is 2. The summed E-state index contributed by atoms with van der Waals surface area (Å²) in [5, 5.41) is 1.31. The summed E-state index contributed by atoms with van der Waals surface area (Å²) in [5.74, 6) is 1.68. The van der Waals surface area contributed by atoms with Gasteiger partial charge in [-0.05, 0) is 30.5 Å². The van der Waals surface area contributed by atoms with Crippen molar-refractivity contribution < 1.29 is 8.42 Å². The van der Waals surface area contributed by atoms with E-state index in [2.05, 4.69) is 24.0 Å². The third kappa shape index (κ3) is 5.67. The first kappa shape index (κ1) is 23.1. The standard InChI is InChI=1S/C26H30N4O2S/c1-3-25-24(20-23-12-8-5-9-13-23)26(28-21(2)27-25)29-15-17-30(18-16-29)33(31,32)19-14-22-10-6-4-7-11-22/h4-14,19H,3,15-18,20H2,1-2H3/b19-14+. The first-order chi connectivity index (χ1) is 16.0. The molecule has 0 aliphatic carbocycles. The molecule has 4 rings (SSSR count). The van der Waals surface area contributed by atoms with Crippen LogP contribution in [0.5, 0.6) is 0 Å². The van der Waals surface area contributed by atoms with E-state index in [9.17, 15) is 8.42 Å². The highest BCUT2D eigenvalue weighted by Gasteiger charge is 2.27. The Labute approximate surface area is 196 Å². The maximum atomic E-state index is 12.9. The van der Waals surface area contributed by atoms with Crippen LogP contribution in [0.1, 0.15) is 35.1 Å². The fourth-order valence-electron chi connectivity index (χ4n) is 4.14. The van der Waals surface area contributed by atoms with Crippen LogP contribution in [0.4, 0.5) is 5.82 Å². The van der Waals surface area contributed by atoms with Crippen LogP contribution in [0.2, 0.25) is 0 Å². The van der Waals surface area contributed by atoms with Crippen LogP contribution in [-0.2, 0) is 22.9 Å². The predicted octanol–water partition coefficient (Wildman–Crippen LogP) is 4.06. The highest BCUT2D eigenvalue weighted by atomic mass is 32.2. The molecule has 7 heteroatoms. The lowest BCUT2D eigenvalue weighted by molar-refractivity contribution is 0.388. The lowest BCUT2D eigenvalue weighted by Gasteiger charge is -2.35. The molecule has 2 heterocycles. The first-order valence-corrected chi connectivity index (χ1v) is 12.8. The quantitative estimate of drug-likeness (QED) is 0.530. The summed E-state index contributed by atoms with van der Waals surface area (Å²) in [6.45, 7) is 6.08. The number of aryl methyl sites for hydroxylation is 2. The molecule has 0 amide bonds. The Bertz CT molecular complexity index is 1200. The molecule has 1 aliphatic rings. The molecule has 0 saturated carbocycles. The third-order valence-corrected chi connectivity index (χ3v) is 7.44. The second kappa shape index (κ2) is 10.3. The van der Waals surface area contributed by atoms with E-state index in [0.717, 1.165) is 41.3 Å². The Balaban J connectivity index is 1.52. The Morgan fingerprint density at radius 1 is 0.909 bits per heavy atom. The van der Waals surface area contributed by atoms with Crippen LogP contribution < -0.4 is 4.90 Å². The lowest BCUT2D eigenvalue weighted by atomic mass is 10.0. The van der Waals surface area contributed by atoms with Crippen molar-refractivity contribution in [1.29, 1.82) is 0 Å². The van der Waals surface area contributed by atoms with Crippen LogP contribution in [0.15, 0.2) is 66.1 Å². The number of hydrogen-bond acceptors (Lipinski definition) is 5. The van der Waals surface area contributed by atoms with E-state index in [1.807, 2.05) is 55.5 Å². The van der Waals surface area contributed by atoms with Crippen LogP contribution >= 0.6 is 0 Å². The van der Waals surface area contributed by atoms with Gasteiger partial charge in [0.1, 0.15) is 11.6 Å². The van der Waals surface area contributed by atoms with Gasteiger partial charge in [-0.2, -0.15) is 4.31 Å². The van der Waals surface area contributed by atoms with Crippen molar-refractivity contribution in [2.75, 3.05) is 31.1 Å². The minimum absolute atomic E-state index is 0.427. The van der Waals surface area contributed by atoms with Crippen LogP contribution in [0.25, 0.3) is 6.08 Å². The Morgan fingerprint density at radius 2 is 1.55 bits per heavy atom. The van der Waals surface area contributed by atoms with Gasteiger partial charge in [-0.1, -0.05) is 67.6 Å². The van der Waals surface area contributed by atoms with Gasteiger partial charge >= 0.3 is 0 Å². The lowest BCUT2D eigenvalue weighted by Crippen LogP contribution is -2.48. The van der Waals surface area contributed by atoms with Crippen LogP contribution in [0, 0.1) is 6.92 Å². The van der Waals surface area contributed by atoms with Crippen molar-refractivity contribution in [3.05, 3.63) is 94.3 Å². The van der Waals surface area contributed by atoms with Crippen molar-refractivity contribution >= 4 is 21.9 Å². The van der Waals surface area contributed by atoms with Crippen molar-refractivity contribution in [3.8, 4) is 0 Å². The van der Waals surface area contributed by atoms with Gasteiger partial charge in [0.05, 0.1) is 0 Å². The third-order valence-electron chi connectivity index (χ3n) is 5.87. The summed E-state index contributed by atoms with van der Waals surface area (Å²) >= 11 is 0. The topological polar surface area (TPSA) is 66.4 Å². The molecule has 1 aliphatic heterocycles. The molecule has 3 aromatic rings. The van der Waals surface area contributed by atoms with E-state index in [4.69, 9.17) is 9.97 Å². The molecule has 172 valence electrons. The zero-order valence-electron chi connectivity index (χ0n) is 19.2. The molecule has 0 unspecified atom stereocenters. The number of piperazine rings is 1. The van der Waals surface area contributed by atoms with E-state index >= 15 is 0 Å². The van der Waals surface area contributed by atoms with Gasteiger partial charge in [0.15, 0.2) is 0 Å². The highest BCUT2D eigenvalue weighted by Crippen LogP contribution is 2.26. The van der Waals surface area contributed by atoms with Gasteiger partial charge in [0, 0.05) is 49.3 Å². The van der Waals surface area contributed by atoms with E-state index in [0.29, 0.717) is 26.2 Å². The van der Waals surface area contributed by atoms with Gasteiger partial charge in [-0.15, -0.1) is 0 Å². The number of sulfonamides is 1. The molecule has 0 bridgehead atoms. The molecular weight excluding hydrogens is 432 g/mol. The number of hydrogen-bond donors (Lipinski definition) is 0. The van der Waals surface area contributed by atoms with Gasteiger partial charge < -0.3 is 4.90 Å². The van der Waals surface area contributed by atoms with Crippen LogP contribution in [0.3, 0.4) is 0 Å². The zero-order chi connectivity index (χ0) is 23.3. The second-order valence-corrected chi connectivity index (χ2v) is 10.00. The van der Waals surface area contributed by atoms with Gasteiger partial charge in [-0.25, -0.2) is 18.4 Å². The summed E-state index contributed by atoms with van der Waals surface area (Å²) in [6, 6.07) is 19.8. The Morgan fingerprint density at radius 3 is 2.18 bits per heavy atom. The molecular formula is C26H30N4O2S. The molecule has 33 heavy (non-hydrogen) atoms. The summed E-state index contributed by atoms with van der Waals surface area (Å²) in [4.78, 5) is 11.7. The Hall–Kier alpha value is -3.03. The molecule has 0 atom stereocenters. The Kier molecular flexibility index (Phi) is 7.20. The monoisotopic (exact) mass is 462 g/mol. The molecule has 0 N–H and O–H groups in total. The van der Waals surface area contributed by atoms with E-state index in [-0.39, 0.29) is 0 Å². The van der Waals surface area contributed by atoms with E-state index in [1.165, 1.54) is 11.0 Å². The summed E-state index contributed by atoms with van der Waals surface area (Å²) in [7, 11) is -3.47. The fourth-order valence-corrected chi connectivity index (χ4v) is 5.32. The number of benzene rings is 2. The molecule has 0 radical (unpaired) electrons. The average Bonchev–Trinajstić information content (AvgIpc) is 2.85. The normalized spacial score (nSPS) is 15.3. The minimum Gasteiger partial charge on any atom is -0.354 e. The van der Waals surface area contributed by atoms with E-state index in [1.54, 1.807) is 10.4 Å². The maximum Gasteiger partial charge on any atom is 0.236 e. The molecule has 1 fully saturated rings. The molecule has 1 saturated heterocycles. The summed E-state index contributed by atoms with van der Waals surface area (Å²) < 4.78 is 27.3. The van der Waals surface area contributed by atoms with Crippen LogP contribution in [-0.4, -0.2) is 48.9 Å². The largest absolute Gasteiger partial charge is 0.354 e. The maximum absolute atomic E-state index is 12.9. The zero-order valence-corrected chi connectivity index (χ0v) is 20.0. The van der Waals surface area contributed by atoms with Crippen molar-refractivity contribution in [1.82, 2.24) is 14.3 Å². The van der Waals surface area contributed by atoms with Crippen molar-refractivity contribution in [2.24, 2.45) is 0 Å². The van der Waals surface area contributed by atoms with Gasteiger partial charge in [0.2, 0.25) is 10.0 Å². The van der Waals surface area contributed by atoms with Crippen molar-refractivity contribution in [3.63, 3.8) is 0 Å². The SMILES string of the molecule is CCc1nc(C)nc(N2CCN(S(=O)(=O)/C=C/c3ccccc3)CC2)c1Cc1ccccc1. The molecule has 1 aromatic heterocycles. The minimum atomic E-state index is -3.47.